The largest absolute Gasteiger partial charge is 0.508 e. The van der Waals surface area contributed by atoms with Crippen molar-refractivity contribution in [1.29, 1.82) is 5.41 Å². The summed E-state index contributed by atoms with van der Waals surface area (Å²) in [6.45, 7) is 3.20. The number of carbonyl (C=O) groups is 2. The predicted octanol–water partition coefficient (Wildman–Crippen LogP) is 3.42. The second-order valence-electron chi connectivity index (χ2n) is 7.09. The number of nitrogen functional groups attached to an aromatic ring is 1. The van der Waals surface area contributed by atoms with Gasteiger partial charge < -0.3 is 21.1 Å². The summed E-state index contributed by atoms with van der Waals surface area (Å²) in [7, 11) is 0. The first-order chi connectivity index (χ1) is 13.8. The van der Waals surface area contributed by atoms with Crippen molar-refractivity contribution in [2.75, 3.05) is 18.4 Å². The Bertz CT molecular complexity index is 970. The average Bonchev–Trinajstić information content (AvgIpc) is 3.22. The molecule has 1 heterocycles. The SMILES string of the molecule is CC(C(=O)Nc1ccc(C(=O)N2CCCC2)c(Br)c1)c1cc(C(=N)N)ccc1O. The van der Waals surface area contributed by atoms with E-state index in [1.54, 1.807) is 25.1 Å². The predicted molar refractivity (Wildman–Crippen MR) is 115 cm³/mol. The molecule has 0 radical (unpaired) electrons. The number of benzene rings is 2. The number of amides is 2. The zero-order valence-electron chi connectivity index (χ0n) is 16.0. The third kappa shape index (κ3) is 4.59. The number of carbonyl (C=O) groups excluding carboxylic acids is 2. The van der Waals surface area contributed by atoms with Crippen molar-refractivity contribution in [2.24, 2.45) is 5.73 Å². The summed E-state index contributed by atoms with van der Waals surface area (Å²) in [5.41, 5.74) is 7.41. The number of nitrogens with two attached hydrogens (primary N) is 1. The molecule has 0 spiro atoms. The Kier molecular flexibility index (Phi) is 6.22. The number of anilines is 1. The lowest BCUT2D eigenvalue weighted by atomic mass is 9.96. The van der Waals surface area contributed by atoms with E-state index < -0.39 is 5.92 Å². The fourth-order valence-corrected chi connectivity index (χ4v) is 3.87. The Morgan fingerprint density at radius 2 is 1.90 bits per heavy atom. The van der Waals surface area contributed by atoms with Crippen LogP contribution in [0.3, 0.4) is 0 Å². The van der Waals surface area contributed by atoms with E-state index in [0.717, 1.165) is 25.9 Å². The van der Waals surface area contributed by atoms with Gasteiger partial charge in [0.15, 0.2) is 0 Å². The summed E-state index contributed by atoms with van der Waals surface area (Å²) in [6.07, 6.45) is 2.04. The van der Waals surface area contributed by atoms with Crippen LogP contribution in [0.1, 0.15) is 47.2 Å². The van der Waals surface area contributed by atoms with Crippen LogP contribution in [0.2, 0.25) is 0 Å². The molecule has 2 aromatic carbocycles. The van der Waals surface area contributed by atoms with E-state index in [-0.39, 0.29) is 23.4 Å². The number of amidine groups is 1. The smallest absolute Gasteiger partial charge is 0.254 e. The van der Waals surface area contributed by atoms with Gasteiger partial charge in [0.25, 0.3) is 5.91 Å². The van der Waals surface area contributed by atoms with Crippen LogP contribution >= 0.6 is 15.9 Å². The number of nitrogens with zero attached hydrogens (tertiary/aromatic N) is 1. The highest BCUT2D eigenvalue weighted by atomic mass is 79.9. The summed E-state index contributed by atoms with van der Waals surface area (Å²) in [4.78, 5) is 27.1. The molecule has 0 aromatic heterocycles. The van der Waals surface area contributed by atoms with Crippen molar-refractivity contribution in [3.63, 3.8) is 0 Å². The number of phenolic OH excluding ortho intramolecular Hbond substituents is 1. The Morgan fingerprint density at radius 3 is 2.52 bits per heavy atom. The fraction of sp³-hybridized carbons (Fsp3) is 0.286. The summed E-state index contributed by atoms with van der Waals surface area (Å²) in [5, 5.41) is 20.4. The second-order valence-corrected chi connectivity index (χ2v) is 7.95. The molecule has 1 saturated heterocycles. The van der Waals surface area contributed by atoms with E-state index >= 15 is 0 Å². The molecule has 1 atom stereocenters. The normalized spacial score (nSPS) is 14.5. The number of rotatable bonds is 5. The minimum absolute atomic E-state index is 0.0217. The van der Waals surface area contributed by atoms with Gasteiger partial charge in [0.05, 0.1) is 11.5 Å². The van der Waals surface area contributed by atoms with Crippen LogP contribution in [0.15, 0.2) is 40.9 Å². The number of aromatic hydroxyl groups is 1. The maximum atomic E-state index is 12.7. The molecule has 3 rings (SSSR count). The highest BCUT2D eigenvalue weighted by molar-refractivity contribution is 9.10. The molecule has 2 amide bonds. The molecule has 2 aromatic rings. The zero-order chi connectivity index (χ0) is 21.1. The lowest BCUT2D eigenvalue weighted by Crippen LogP contribution is -2.28. The van der Waals surface area contributed by atoms with Gasteiger partial charge in [-0.25, -0.2) is 0 Å². The number of likely N-dealkylation sites (tertiary alicyclic amines) is 1. The number of hydrogen-bond donors (Lipinski definition) is 4. The molecule has 1 fully saturated rings. The molecule has 1 aliphatic rings. The van der Waals surface area contributed by atoms with Gasteiger partial charge in [0.2, 0.25) is 5.91 Å². The molecule has 1 unspecified atom stereocenters. The second kappa shape index (κ2) is 8.65. The van der Waals surface area contributed by atoms with E-state index in [1.807, 2.05) is 4.90 Å². The minimum Gasteiger partial charge on any atom is -0.508 e. The molecule has 1 aliphatic heterocycles. The molecular formula is C21H23BrN4O3. The summed E-state index contributed by atoms with van der Waals surface area (Å²) in [5.74, 6) is -1.19. The van der Waals surface area contributed by atoms with Crippen LogP contribution in [-0.2, 0) is 4.79 Å². The van der Waals surface area contributed by atoms with Crippen LogP contribution in [0.4, 0.5) is 5.69 Å². The first-order valence-corrected chi connectivity index (χ1v) is 10.1. The Morgan fingerprint density at radius 1 is 1.21 bits per heavy atom. The van der Waals surface area contributed by atoms with Crippen molar-refractivity contribution in [2.45, 2.75) is 25.7 Å². The Hall–Kier alpha value is -2.87. The van der Waals surface area contributed by atoms with Crippen molar-refractivity contribution >= 4 is 39.3 Å². The molecule has 5 N–H and O–H groups in total. The average molecular weight is 459 g/mol. The number of halogens is 1. The van der Waals surface area contributed by atoms with E-state index in [2.05, 4.69) is 21.2 Å². The minimum atomic E-state index is -0.668. The molecule has 0 aliphatic carbocycles. The Labute approximate surface area is 177 Å². The van der Waals surface area contributed by atoms with E-state index in [4.69, 9.17) is 11.1 Å². The van der Waals surface area contributed by atoms with Crippen LogP contribution in [0.5, 0.6) is 5.75 Å². The van der Waals surface area contributed by atoms with Crippen LogP contribution in [-0.4, -0.2) is 40.7 Å². The van der Waals surface area contributed by atoms with Crippen LogP contribution < -0.4 is 11.1 Å². The maximum Gasteiger partial charge on any atom is 0.254 e. The van der Waals surface area contributed by atoms with Gasteiger partial charge in [-0.2, -0.15) is 0 Å². The monoisotopic (exact) mass is 458 g/mol. The third-order valence-corrected chi connectivity index (χ3v) is 5.71. The molecule has 29 heavy (non-hydrogen) atoms. The lowest BCUT2D eigenvalue weighted by molar-refractivity contribution is -0.117. The van der Waals surface area contributed by atoms with E-state index in [1.165, 1.54) is 18.2 Å². The molecule has 8 heteroatoms. The van der Waals surface area contributed by atoms with Crippen molar-refractivity contribution in [1.82, 2.24) is 4.90 Å². The number of nitrogens with one attached hydrogen (secondary N) is 2. The first-order valence-electron chi connectivity index (χ1n) is 9.35. The molecule has 0 bridgehead atoms. The summed E-state index contributed by atoms with van der Waals surface area (Å²) >= 11 is 3.43. The van der Waals surface area contributed by atoms with Crippen LogP contribution in [0, 0.1) is 5.41 Å². The number of hydrogen-bond acceptors (Lipinski definition) is 4. The van der Waals surface area contributed by atoms with Gasteiger partial charge in [-0.15, -0.1) is 0 Å². The van der Waals surface area contributed by atoms with Crippen molar-refractivity contribution < 1.29 is 14.7 Å². The van der Waals surface area contributed by atoms with Gasteiger partial charge in [-0.3, -0.25) is 15.0 Å². The maximum absolute atomic E-state index is 12.7. The van der Waals surface area contributed by atoms with Crippen molar-refractivity contribution in [3.8, 4) is 5.75 Å². The van der Waals surface area contributed by atoms with E-state index in [0.29, 0.717) is 26.9 Å². The molecule has 7 nitrogen and oxygen atoms in total. The van der Waals surface area contributed by atoms with Gasteiger partial charge in [0.1, 0.15) is 11.6 Å². The highest BCUT2D eigenvalue weighted by Gasteiger charge is 2.23. The van der Waals surface area contributed by atoms with Gasteiger partial charge in [-0.05, 0) is 72.1 Å². The lowest BCUT2D eigenvalue weighted by Gasteiger charge is -2.18. The quantitative estimate of drug-likeness (QED) is 0.405. The van der Waals surface area contributed by atoms with Crippen LogP contribution in [0.25, 0.3) is 0 Å². The highest BCUT2D eigenvalue weighted by Crippen LogP contribution is 2.29. The zero-order valence-corrected chi connectivity index (χ0v) is 17.6. The Balaban J connectivity index is 1.75. The number of phenols is 1. The first kappa shape index (κ1) is 20.9. The van der Waals surface area contributed by atoms with Crippen molar-refractivity contribution in [3.05, 3.63) is 57.6 Å². The topological polar surface area (TPSA) is 120 Å². The van der Waals surface area contributed by atoms with Gasteiger partial charge in [-0.1, -0.05) is 0 Å². The summed E-state index contributed by atoms with van der Waals surface area (Å²) < 4.78 is 0.612. The summed E-state index contributed by atoms with van der Waals surface area (Å²) in [6, 6.07) is 9.56. The molecular weight excluding hydrogens is 436 g/mol. The van der Waals surface area contributed by atoms with Gasteiger partial charge in [0, 0.05) is 34.4 Å². The molecule has 0 saturated carbocycles. The van der Waals surface area contributed by atoms with Gasteiger partial charge >= 0.3 is 0 Å². The fourth-order valence-electron chi connectivity index (χ4n) is 3.32. The third-order valence-electron chi connectivity index (χ3n) is 5.06. The standard InChI is InChI=1S/C21H23BrN4O3/c1-12(16-10-13(19(23)24)4-7-18(16)27)20(28)25-14-5-6-15(17(22)11-14)21(29)26-8-2-3-9-26/h4-7,10-12,27H,2-3,8-9H2,1H3,(H3,23,24)(H,25,28). The van der Waals surface area contributed by atoms with E-state index in [9.17, 15) is 14.7 Å². The molecule has 152 valence electrons.